The summed E-state index contributed by atoms with van der Waals surface area (Å²) in [5.74, 6) is 0. The number of rotatable bonds is 0. The summed E-state index contributed by atoms with van der Waals surface area (Å²) < 4.78 is 0. The smallest absolute Gasteiger partial charge is 0.392 e. The molecule has 0 aromatic carbocycles. The number of nitrogens with one attached hydrogen (secondary N) is 1. The Morgan fingerprint density at radius 1 is 1.14 bits per heavy atom. The Balaban J connectivity index is 0. The van der Waals surface area contributed by atoms with Gasteiger partial charge in [-0.1, -0.05) is 0 Å². The van der Waals surface area contributed by atoms with Crippen LogP contribution in [0.4, 0.5) is 0 Å². The van der Waals surface area contributed by atoms with Gasteiger partial charge in [-0.3, -0.25) is 0 Å². The third kappa shape index (κ3) is 30800. The summed E-state index contributed by atoms with van der Waals surface area (Å²) in [5.41, 5.74) is 0. The first kappa shape index (κ1) is 10.1. The minimum atomic E-state index is -3.14. The average Bonchev–Trinajstić information content (AvgIpc) is 1.33. The molecule has 0 rings (SSSR count). The predicted octanol–water partition coefficient (Wildman–Crippen LogP) is -2.48. The van der Waals surface area contributed by atoms with Crippen LogP contribution in [-0.4, -0.2) is 38.0 Å². The molecule has 4 N–H and O–H groups in total. The lowest BCUT2D eigenvalue weighted by Crippen LogP contribution is -2.07. The first-order chi connectivity index (χ1) is 3.15. The van der Waals surface area contributed by atoms with E-state index in [1.165, 1.54) is 0 Å². The molecule has 0 atom stereocenters. The van der Waals surface area contributed by atoms with Crippen molar-refractivity contribution >= 4 is 9.53 Å². The Labute approximate surface area is 44.4 Å². The molecule has 0 aliphatic heterocycles. The van der Waals surface area contributed by atoms with Gasteiger partial charge in [0.2, 0.25) is 0 Å². The molecular formula is C2H11NO3Si. The molecule has 0 aromatic heterocycles. The summed E-state index contributed by atoms with van der Waals surface area (Å²) in [5, 5.41) is 2.75. The van der Waals surface area contributed by atoms with Gasteiger partial charge >= 0.3 is 9.53 Å². The molecule has 0 saturated heterocycles. The standard InChI is InChI=1S/C2H7N.H4O3Si/c1-3-2;1-4(2)3/h3H,1-2H3;1-4H. The molecule has 0 heterocycles. The lowest BCUT2D eigenvalue weighted by atomic mass is 11.3. The summed E-state index contributed by atoms with van der Waals surface area (Å²) in [4.78, 5) is 21.9. The van der Waals surface area contributed by atoms with Crippen molar-refractivity contribution in [1.29, 1.82) is 0 Å². The zero-order chi connectivity index (χ0) is 6.28. The topological polar surface area (TPSA) is 72.7 Å². The lowest BCUT2D eigenvalue weighted by Gasteiger charge is -1.74. The van der Waals surface area contributed by atoms with Crippen molar-refractivity contribution in [1.82, 2.24) is 5.32 Å². The molecule has 0 aliphatic carbocycles. The molecule has 0 radical (unpaired) electrons. The first-order valence-corrected chi connectivity index (χ1v) is 3.32. The Hall–Kier alpha value is 0.0569. The molecule has 0 aliphatic rings. The highest BCUT2D eigenvalue weighted by Gasteiger charge is 1.83. The fourth-order valence-corrected chi connectivity index (χ4v) is 0. The second-order valence-corrected chi connectivity index (χ2v) is 1.54. The van der Waals surface area contributed by atoms with E-state index in [1.54, 1.807) is 0 Å². The third-order valence-corrected chi connectivity index (χ3v) is 0. The molecule has 0 aromatic rings. The molecule has 0 fully saturated rings. The van der Waals surface area contributed by atoms with Gasteiger partial charge in [0.25, 0.3) is 0 Å². The predicted molar refractivity (Wildman–Crippen MR) is 28.8 cm³/mol. The van der Waals surface area contributed by atoms with Gasteiger partial charge in [-0.2, -0.15) is 0 Å². The second kappa shape index (κ2) is 9.41. The summed E-state index contributed by atoms with van der Waals surface area (Å²) in [6, 6.07) is 0. The third-order valence-electron chi connectivity index (χ3n) is 0. The van der Waals surface area contributed by atoms with Crippen molar-refractivity contribution in [3.8, 4) is 0 Å². The molecule has 0 amide bonds. The van der Waals surface area contributed by atoms with Gasteiger partial charge in [0, 0.05) is 0 Å². The van der Waals surface area contributed by atoms with Crippen molar-refractivity contribution in [3.05, 3.63) is 0 Å². The largest absolute Gasteiger partial charge is 0.475 e. The average molecular weight is 125 g/mol. The molecule has 46 valence electrons. The van der Waals surface area contributed by atoms with Crippen LogP contribution in [-0.2, 0) is 0 Å². The Bertz CT molecular complexity index is 24.1. The van der Waals surface area contributed by atoms with Gasteiger partial charge < -0.3 is 19.7 Å². The lowest BCUT2D eigenvalue weighted by molar-refractivity contribution is 0.278. The SMILES string of the molecule is CNC.O[SiH](O)O. The highest BCUT2D eigenvalue weighted by atomic mass is 28.3. The quantitative estimate of drug-likeness (QED) is 0.270. The van der Waals surface area contributed by atoms with Crippen molar-refractivity contribution in [2.75, 3.05) is 14.1 Å². The van der Waals surface area contributed by atoms with E-state index in [4.69, 9.17) is 14.4 Å². The fraction of sp³-hybridized carbons (Fsp3) is 1.00. The molecule has 0 saturated carbocycles. The van der Waals surface area contributed by atoms with E-state index in [1.807, 2.05) is 14.1 Å². The maximum absolute atomic E-state index is 7.31. The summed E-state index contributed by atoms with van der Waals surface area (Å²) in [6.45, 7) is 0. The van der Waals surface area contributed by atoms with E-state index in [0.717, 1.165) is 0 Å². The van der Waals surface area contributed by atoms with E-state index >= 15 is 0 Å². The van der Waals surface area contributed by atoms with Crippen molar-refractivity contribution in [2.45, 2.75) is 0 Å². The summed E-state index contributed by atoms with van der Waals surface area (Å²) in [6.07, 6.45) is 0. The van der Waals surface area contributed by atoms with E-state index in [2.05, 4.69) is 5.32 Å². The van der Waals surface area contributed by atoms with Gasteiger partial charge in [-0.25, -0.2) is 0 Å². The summed E-state index contributed by atoms with van der Waals surface area (Å²) in [7, 11) is 0.611. The van der Waals surface area contributed by atoms with E-state index in [0.29, 0.717) is 0 Å². The van der Waals surface area contributed by atoms with Crippen LogP contribution in [0.2, 0.25) is 0 Å². The van der Waals surface area contributed by atoms with Crippen LogP contribution >= 0.6 is 0 Å². The van der Waals surface area contributed by atoms with Crippen molar-refractivity contribution < 1.29 is 14.4 Å². The highest BCUT2D eigenvalue weighted by molar-refractivity contribution is 6.30. The molecule has 7 heavy (non-hydrogen) atoms. The molecule has 0 spiro atoms. The number of hydrogen-bond acceptors (Lipinski definition) is 4. The van der Waals surface area contributed by atoms with Crippen LogP contribution in [0.15, 0.2) is 0 Å². The van der Waals surface area contributed by atoms with Crippen molar-refractivity contribution in [3.63, 3.8) is 0 Å². The molecule has 0 unspecified atom stereocenters. The van der Waals surface area contributed by atoms with Crippen LogP contribution in [0.1, 0.15) is 0 Å². The number of hydrogen-bond donors (Lipinski definition) is 4. The summed E-state index contributed by atoms with van der Waals surface area (Å²) >= 11 is 0. The molecule has 4 nitrogen and oxygen atoms in total. The van der Waals surface area contributed by atoms with Crippen LogP contribution in [0, 0.1) is 0 Å². The zero-order valence-corrected chi connectivity index (χ0v) is 5.57. The monoisotopic (exact) mass is 125 g/mol. The van der Waals surface area contributed by atoms with Gasteiger partial charge in [0.1, 0.15) is 0 Å². The van der Waals surface area contributed by atoms with Gasteiger partial charge in [-0.15, -0.1) is 0 Å². The Morgan fingerprint density at radius 3 is 1.14 bits per heavy atom. The van der Waals surface area contributed by atoms with Crippen LogP contribution < -0.4 is 5.32 Å². The Kier molecular flexibility index (Phi) is 13.6. The van der Waals surface area contributed by atoms with Gasteiger partial charge in [0.15, 0.2) is 0 Å². The maximum Gasteiger partial charge on any atom is 0.475 e. The first-order valence-electron chi connectivity index (χ1n) is 1.77. The minimum absolute atomic E-state index is 1.88. The van der Waals surface area contributed by atoms with E-state index in [9.17, 15) is 0 Å². The minimum Gasteiger partial charge on any atom is -0.392 e. The van der Waals surface area contributed by atoms with Crippen LogP contribution in [0.25, 0.3) is 0 Å². The van der Waals surface area contributed by atoms with Gasteiger partial charge in [-0.05, 0) is 14.1 Å². The van der Waals surface area contributed by atoms with Crippen LogP contribution in [0.3, 0.4) is 0 Å². The zero-order valence-electron chi connectivity index (χ0n) is 4.42. The highest BCUT2D eigenvalue weighted by Crippen LogP contribution is 1.40. The van der Waals surface area contributed by atoms with E-state index < -0.39 is 9.53 Å². The van der Waals surface area contributed by atoms with E-state index in [-0.39, 0.29) is 0 Å². The normalized spacial score (nSPS) is 7.71. The molecule has 0 bridgehead atoms. The molecule has 5 heteroatoms. The maximum atomic E-state index is 7.31. The van der Waals surface area contributed by atoms with Gasteiger partial charge in [0.05, 0.1) is 0 Å². The second-order valence-electron chi connectivity index (χ2n) is 0.846. The fourth-order valence-electron chi connectivity index (χ4n) is 0. The molecular weight excluding hydrogens is 114 g/mol. The van der Waals surface area contributed by atoms with Crippen LogP contribution in [0.5, 0.6) is 0 Å². The Morgan fingerprint density at radius 2 is 1.14 bits per heavy atom. The van der Waals surface area contributed by atoms with Crippen molar-refractivity contribution in [2.24, 2.45) is 0 Å².